The molecule has 0 saturated heterocycles. The molecule has 0 aromatic heterocycles. The summed E-state index contributed by atoms with van der Waals surface area (Å²) in [4.78, 5) is 12.6. The van der Waals surface area contributed by atoms with Gasteiger partial charge in [-0.05, 0) is 48.6 Å². The molecule has 0 fully saturated rings. The fourth-order valence-electron chi connectivity index (χ4n) is 3.33. The summed E-state index contributed by atoms with van der Waals surface area (Å²) >= 11 is 0. The molecular formula is C19H19NO3. The molecule has 4 nitrogen and oxygen atoms in total. The van der Waals surface area contributed by atoms with Crippen LogP contribution < -0.4 is 14.8 Å². The summed E-state index contributed by atoms with van der Waals surface area (Å²) in [6.45, 7) is 1.07. The van der Waals surface area contributed by atoms with Crippen LogP contribution in [0, 0.1) is 0 Å². The molecule has 118 valence electrons. The molecule has 1 N–H and O–H groups in total. The third-order valence-corrected chi connectivity index (χ3v) is 4.48. The fraction of sp³-hybridized carbons (Fsp3) is 0.316. The summed E-state index contributed by atoms with van der Waals surface area (Å²) in [5, 5.41) is 3.16. The summed E-state index contributed by atoms with van der Waals surface area (Å²) in [7, 11) is 0. The molecule has 0 radical (unpaired) electrons. The number of rotatable bonds is 2. The second kappa shape index (κ2) is 5.95. The second-order valence-corrected chi connectivity index (χ2v) is 5.98. The van der Waals surface area contributed by atoms with Crippen LogP contribution in [0.25, 0.3) is 0 Å². The van der Waals surface area contributed by atoms with Crippen molar-refractivity contribution in [1.82, 2.24) is 5.32 Å². The lowest BCUT2D eigenvalue weighted by atomic mass is 9.87. The molecule has 1 amide bonds. The van der Waals surface area contributed by atoms with Gasteiger partial charge in [-0.1, -0.05) is 24.3 Å². The van der Waals surface area contributed by atoms with Crippen LogP contribution in [0.2, 0.25) is 0 Å². The monoisotopic (exact) mass is 309 g/mol. The van der Waals surface area contributed by atoms with Gasteiger partial charge in [-0.3, -0.25) is 4.79 Å². The number of amides is 1. The van der Waals surface area contributed by atoms with Gasteiger partial charge in [0.15, 0.2) is 11.5 Å². The summed E-state index contributed by atoms with van der Waals surface area (Å²) in [5.41, 5.74) is 3.19. The molecule has 0 bridgehead atoms. The van der Waals surface area contributed by atoms with Gasteiger partial charge in [0.05, 0.1) is 6.04 Å². The van der Waals surface area contributed by atoms with E-state index in [1.807, 2.05) is 6.07 Å². The van der Waals surface area contributed by atoms with Crippen LogP contribution in [-0.2, 0) is 6.42 Å². The number of benzene rings is 2. The quantitative estimate of drug-likeness (QED) is 0.926. The number of hydrogen-bond acceptors (Lipinski definition) is 3. The van der Waals surface area contributed by atoms with Gasteiger partial charge in [0.2, 0.25) is 0 Å². The van der Waals surface area contributed by atoms with Crippen LogP contribution >= 0.6 is 0 Å². The molecule has 2 aromatic rings. The van der Waals surface area contributed by atoms with Gasteiger partial charge in [0.1, 0.15) is 13.2 Å². The van der Waals surface area contributed by atoms with Gasteiger partial charge in [-0.25, -0.2) is 0 Å². The molecule has 2 aromatic carbocycles. The van der Waals surface area contributed by atoms with Gasteiger partial charge in [0.25, 0.3) is 5.91 Å². The Hall–Kier alpha value is -2.49. The first kappa shape index (κ1) is 14.1. The highest BCUT2D eigenvalue weighted by atomic mass is 16.6. The normalized spacial score (nSPS) is 18.9. The van der Waals surface area contributed by atoms with Crippen LogP contribution in [0.3, 0.4) is 0 Å². The third kappa shape index (κ3) is 2.77. The van der Waals surface area contributed by atoms with E-state index in [1.165, 1.54) is 11.1 Å². The average Bonchev–Trinajstić information content (AvgIpc) is 2.61. The number of nitrogens with one attached hydrogen (secondary N) is 1. The average molecular weight is 309 g/mol. The molecule has 0 unspecified atom stereocenters. The van der Waals surface area contributed by atoms with Gasteiger partial charge >= 0.3 is 0 Å². The largest absolute Gasteiger partial charge is 0.486 e. The summed E-state index contributed by atoms with van der Waals surface area (Å²) in [6, 6.07) is 13.8. The van der Waals surface area contributed by atoms with E-state index >= 15 is 0 Å². The van der Waals surface area contributed by atoms with E-state index in [2.05, 4.69) is 23.5 Å². The van der Waals surface area contributed by atoms with Gasteiger partial charge < -0.3 is 14.8 Å². The van der Waals surface area contributed by atoms with Gasteiger partial charge in [-0.15, -0.1) is 0 Å². The highest BCUT2D eigenvalue weighted by Crippen LogP contribution is 2.32. The molecule has 1 aliphatic heterocycles. The Kier molecular flexibility index (Phi) is 3.66. The maximum atomic E-state index is 12.6. The lowest BCUT2D eigenvalue weighted by molar-refractivity contribution is 0.0931. The van der Waals surface area contributed by atoms with E-state index in [0.29, 0.717) is 30.3 Å². The van der Waals surface area contributed by atoms with E-state index in [-0.39, 0.29) is 11.9 Å². The summed E-state index contributed by atoms with van der Waals surface area (Å²) < 4.78 is 11.1. The molecule has 2 aliphatic rings. The van der Waals surface area contributed by atoms with Gasteiger partial charge in [0, 0.05) is 5.56 Å². The van der Waals surface area contributed by atoms with E-state index in [1.54, 1.807) is 18.2 Å². The first-order chi connectivity index (χ1) is 11.3. The Bertz CT molecular complexity index is 741. The predicted molar refractivity (Wildman–Crippen MR) is 87.0 cm³/mol. The van der Waals surface area contributed by atoms with Crippen LogP contribution in [0.4, 0.5) is 0 Å². The minimum atomic E-state index is -0.0660. The van der Waals surface area contributed by atoms with Crippen molar-refractivity contribution in [1.29, 1.82) is 0 Å². The molecule has 1 aliphatic carbocycles. The number of carbonyl (C=O) groups is 1. The summed E-state index contributed by atoms with van der Waals surface area (Å²) in [5.74, 6) is 1.28. The minimum Gasteiger partial charge on any atom is -0.486 e. The Balaban J connectivity index is 1.55. The van der Waals surface area contributed by atoms with E-state index in [4.69, 9.17) is 9.47 Å². The first-order valence-electron chi connectivity index (χ1n) is 8.09. The van der Waals surface area contributed by atoms with Crippen molar-refractivity contribution in [3.8, 4) is 11.5 Å². The molecule has 0 spiro atoms. The topological polar surface area (TPSA) is 47.6 Å². The van der Waals surface area contributed by atoms with E-state index in [9.17, 15) is 4.79 Å². The lowest BCUT2D eigenvalue weighted by Gasteiger charge is -2.26. The van der Waals surface area contributed by atoms with Crippen LogP contribution in [0.15, 0.2) is 42.5 Å². The SMILES string of the molecule is O=C(N[C@H]1CCCc2ccccc21)c1ccc2c(c1)OCCO2. The molecule has 23 heavy (non-hydrogen) atoms. The zero-order chi connectivity index (χ0) is 15.6. The Morgan fingerprint density at radius 1 is 1.04 bits per heavy atom. The van der Waals surface area contributed by atoms with Crippen molar-refractivity contribution >= 4 is 5.91 Å². The van der Waals surface area contributed by atoms with Crippen molar-refractivity contribution in [3.63, 3.8) is 0 Å². The molecular weight excluding hydrogens is 290 g/mol. The number of carbonyl (C=O) groups excluding carboxylic acids is 1. The number of ether oxygens (including phenoxy) is 2. The zero-order valence-corrected chi connectivity index (χ0v) is 12.9. The van der Waals surface area contributed by atoms with Crippen molar-refractivity contribution < 1.29 is 14.3 Å². The molecule has 4 rings (SSSR count). The van der Waals surface area contributed by atoms with Gasteiger partial charge in [-0.2, -0.15) is 0 Å². The van der Waals surface area contributed by atoms with Crippen LogP contribution in [0.1, 0.15) is 40.4 Å². The first-order valence-corrected chi connectivity index (χ1v) is 8.09. The van der Waals surface area contributed by atoms with Crippen LogP contribution in [-0.4, -0.2) is 19.1 Å². The fourth-order valence-corrected chi connectivity index (χ4v) is 3.33. The molecule has 1 heterocycles. The number of hydrogen-bond donors (Lipinski definition) is 1. The van der Waals surface area contributed by atoms with Crippen molar-refractivity contribution in [2.45, 2.75) is 25.3 Å². The molecule has 0 saturated carbocycles. The standard InChI is InChI=1S/C19H19NO3/c21-19(14-8-9-17-18(12-14)23-11-10-22-17)20-16-7-3-5-13-4-1-2-6-15(13)16/h1-2,4,6,8-9,12,16H,3,5,7,10-11H2,(H,20,21)/t16-/m0/s1. The van der Waals surface area contributed by atoms with Crippen molar-refractivity contribution in [3.05, 3.63) is 59.2 Å². The number of fused-ring (bicyclic) bond motifs is 2. The maximum absolute atomic E-state index is 12.6. The molecule has 4 heteroatoms. The second-order valence-electron chi connectivity index (χ2n) is 5.98. The summed E-state index contributed by atoms with van der Waals surface area (Å²) in [6.07, 6.45) is 3.17. The zero-order valence-electron chi connectivity index (χ0n) is 12.9. The lowest BCUT2D eigenvalue weighted by Crippen LogP contribution is -2.31. The van der Waals surface area contributed by atoms with E-state index < -0.39 is 0 Å². The predicted octanol–water partition coefficient (Wildman–Crippen LogP) is 3.27. The molecule has 1 atom stereocenters. The maximum Gasteiger partial charge on any atom is 0.251 e. The highest BCUT2D eigenvalue weighted by Gasteiger charge is 2.22. The van der Waals surface area contributed by atoms with Crippen molar-refractivity contribution in [2.24, 2.45) is 0 Å². The third-order valence-electron chi connectivity index (χ3n) is 4.48. The Morgan fingerprint density at radius 2 is 1.87 bits per heavy atom. The highest BCUT2D eigenvalue weighted by molar-refractivity contribution is 5.95. The van der Waals surface area contributed by atoms with Crippen molar-refractivity contribution in [2.75, 3.05) is 13.2 Å². The number of aryl methyl sites for hydroxylation is 1. The Labute approximate surface area is 135 Å². The van der Waals surface area contributed by atoms with Crippen LogP contribution in [0.5, 0.6) is 11.5 Å². The van der Waals surface area contributed by atoms with E-state index in [0.717, 1.165) is 19.3 Å². The Morgan fingerprint density at radius 3 is 2.78 bits per heavy atom. The smallest absolute Gasteiger partial charge is 0.251 e. The minimum absolute atomic E-state index is 0.0660.